The summed E-state index contributed by atoms with van der Waals surface area (Å²) in [5.41, 5.74) is 11.1. The molecule has 0 atom stereocenters. The van der Waals surface area contributed by atoms with Crippen molar-refractivity contribution >= 4 is 47.4 Å². The van der Waals surface area contributed by atoms with Crippen LogP contribution >= 0.6 is 0 Å². The van der Waals surface area contributed by atoms with Crippen molar-refractivity contribution in [3.63, 3.8) is 0 Å². The number of aryl methyl sites for hydroxylation is 4. The number of methoxy groups -OCH3 is 1. The van der Waals surface area contributed by atoms with E-state index >= 15 is 8.78 Å². The number of ether oxygens (including phenoxy) is 1. The molecule has 0 fully saturated rings. The molecular weight excluding hydrogens is 1770 g/mol. The second kappa shape index (κ2) is 45.9. The molecule has 3 aromatic heterocycles. The third-order valence-corrected chi connectivity index (χ3v) is 28.3. The molecule has 0 aliphatic carbocycles. The molecule has 0 amide bonds. The summed E-state index contributed by atoms with van der Waals surface area (Å²) >= 11 is 0. The number of hydrogen-bond acceptors (Lipinski definition) is 16. The topological polar surface area (TPSA) is 271 Å². The molecule has 30 heteroatoms. The minimum Gasteiger partial charge on any atom is -0.508 e. The van der Waals surface area contributed by atoms with Crippen LogP contribution in [-0.2, 0) is 88.6 Å². The normalized spacial score (nSPS) is 11.6. The highest BCUT2D eigenvalue weighted by Gasteiger charge is 2.34. The molecule has 3 heterocycles. The number of nitrogens with zero attached hydrogens (tertiary/aromatic N) is 12. The summed E-state index contributed by atoms with van der Waals surface area (Å²) in [5.74, 6) is -2.00. The standard InChI is InChI=1S/C35H35FN4O4S.C35H35FN4O3S.C34H31F3N4O3S/c1-26(41)29-14-16-30(17-15-29)31-18-19-33(44-2)34(22-31)45(42,43)40(20-7-6-11-27-9-4-3-5-10-27)24-35-38-37-25-39(35)23-28-12-8-13-32(36)21-28;1-26-21-32(31-16-14-30(15-17-31)27(2)41)18-19-34(26)44(42,43)40(20-7-6-11-28-9-4-3-5-10-28)24-35-38-37-25-39(35)23-29-12-8-13-33(36)22-29;1-24(42)27-13-15-28(16-14-27)30-19-32(37)33(20-31(30)36)45(43,44)41(17-6-5-10-25-8-3-2-4-9-25)22-34-39-38-23-40(34)21-26-11-7-12-29(35)18-26/h3-5,8-10,12-19,21-22,25H,6-7,11,20,23-24H2,1-2H3;3-5,8-10,12-19,21-22,25,41H,2,6-7,11,20,23-24H2,1H3;2-4,7-9,11-16,18-20,23,42H,1,5-6,10,17,21-22H2. The van der Waals surface area contributed by atoms with Gasteiger partial charge in [0.25, 0.3) is 0 Å². The Morgan fingerprint density at radius 1 is 0.366 bits per heavy atom. The summed E-state index contributed by atoms with van der Waals surface area (Å²) in [7, 11) is -11.1. The Bertz CT molecular complexity index is 6900. The first-order valence-electron chi connectivity index (χ1n) is 43.4. The Kier molecular flexibility index (Phi) is 33.4. The van der Waals surface area contributed by atoms with Crippen molar-refractivity contribution in [3.8, 4) is 39.1 Å². The van der Waals surface area contributed by atoms with Gasteiger partial charge in [-0.1, -0.05) is 232 Å². The molecule has 0 bridgehead atoms. The number of aromatic nitrogens is 9. The molecule has 0 spiro atoms. The zero-order valence-electron chi connectivity index (χ0n) is 74.2. The van der Waals surface area contributed by atoms with Gasteiger partial charge in [-0.2, -0.15) is 12.9 Å². The van der Waals surface area contributed by atoms with Gasteiger partial charge in [0.05, 0.1) is 51.3 Å². The summed E-state index contributed by atoms with van der Waals surface area (Å²) in [6.07, 6.45) is 10.8. The first kappa shape index (κ1) is 97.5. The maximum atomic E-state index is 15.6. The number of aliphatic hydroxyl groups is 2. The van der Waals surface area contributed by atoms with Crippen LogP contribution in [0.3, 0.4) is 0 Å². The van der Waals surface area contributed by atoms with Gasteiger partial charge in [0, 0.05) is 41.9 Å². The van der Waals surface area contributed by atoms with E-state index in [0.717, 1.165) is 63.9 Å². The summed E-state index contributed by atoms with van der Waals surface area (Å²) in [6, 6.07) is 80.5. The number of carbonyl (C=O) groups excluding carboxylic acids is 1. The Hall–Kier alpha value is -14.0. The fourth-order valence-electron chi connectivity index (χ4n) is 15.3. The zero-order valence-corrected chi connectivity index (χ0v) is 76.6. The highest BCUT2D eigenvalue weighted by atomic mass is 32.2. The van der Waals surface area contributed by atoms with Gasteiger partial charge in [0.1, 0.15) is 92.6 Å². The van der Waals surface area contributed by atoms with E-state index in [1.54, 1.807) is 118 Å². The number of sulfonamides is 3. The molecule has 0 saturated heterocycles. The monoisotopic (exact) mass is 1870 g/mol. The van der Waals surface area contributed by atoms with E-state index < -0.39 is 52.4 Å². The van der Waals surface area contributed by atoms with Crippen molar-refractivity contribution in [1.29, 1.82) is 0 Å². The lowest BCUT2D eigenvalue weighted by Gasteiger charge is -2.24. The van der Waals surface area contributed by atoms with Crippen molar-refractivity contribution < 1.29 is 66.9 Å². The predicted octanol–water partition coefficient (Wildman–Crippen LogP) is 20.9. The number of unbranched alkanes of at least 4 members (excludes halogenated alkanes) is 3. The lowest BCUT2D eigenvalue weighted by atomic mass is 10.0. The molecular formula is C104H101F5N12O10S3. The van der Waals surface area contributed by atoms with Crippen LogP contribution in [0.25, 0.3) is 44.9 Å². The quantitative estimate of drug-likeness (QED) is 0.0156. The number of hydrogen-bond donors (Lipinski definition) is 2. The van der Waals surface area contributed by atoms with E-state index in [2.05, 4.69) is 68.0 Å². The van der Waals surface area contributed by atoms with E-state index in [4.69, 9.17) is 4.74 Å². The van der Waals surface area contributed by atoms with Gasteiger partial charge < -0.3 is 28.7 Å². The van der Waals surface area contributed by atoms with Crippen LogP contribution in [0.1, 0.15) is 123 Å². The van der Waals surface area contributed by atoms with Crippen molar-refractivity contribution in [2.24, 2.45) is 0 Å². The molecule has 690 valence electrons. The second-order valence-electron chi connectivity index (χ2n) is 32.1. The van der Waals surface area contributed by atoms with Crippen molar-refractivity contribution in [1.82, 2.24) is 57.2 Å². The van der Waals surface area contributed by atoms with E-state index in [9.17, 15) is 53.4 Å². The summed E-state index contributed by atoms with van der Waals surface area (Å²) in [4.78, 5) is 11.2. The molecule has 0 saturated carbocycles. The fraction of sp³-hybridized carbons (Fsp3) is 0.202. The highest BCUT2D eigenvalue weighted by molar-refractivity contribution is 7.89. The van der Waals surface area contributed by atoms with Crippen LogP contribution in [-0.4, -0.2) is 125 Å². The van der Waals surface area contributed by atoms with Gasteiger partial charge in [-0.05, 0) is 205 Å². The molecule has 12 aromatic carbocycles. The molecule has 22 nitrogen and oxygen atoms in total. The van der Waals surface area contributed by atoms with Gasteiger partial charge >= 0.3 is 0 Å². The van der Waals surface area contributed by atoms with Gasteiger partial charge in [0.2, 0.25) is 30.1 Å². The number of ketones is 1. The van der Waals surface area contributed by atoms with E-state index in [0.29, 0.717) is 107 Å². The number of rotatable bonds is 40. The summed E-state index contributed by atoms with van der Waals surface area (Å²) in [6.45, 7) is 11.3. The molecule has 0 unspecified atom stereocenters. The average molecular weight is 1870 g/mol. The molecule has 15 aromatic rings. The Labute approximate surface area is 777 Å². The number of carbonyl (C=O) groups is 1. The first-order valence-corrected chi connectivity index (χ1v) is 47.7. The first-order chi connectivity index (χ1) is 64.6. The predicted molar refractivity (Wildman–Crippen MR) is 508 cm³/mol. The molecule has 0 aliphatic rings. The molecule has 0 aliphatic heterocycles. The molecule has 2 N–H and O–H groups in total. The van der Waals surface area contributed by atoms with Crippen LogP contribution < -0.4 is 4.74 Å². The number of benzene rings is 12. The Balaban J connectivity index is 0.000000170. The van der Waals surface area contributed by atoms with E-state index in [-0.39, 0.29) is 102 Å². The van der Waals surface area contributed by atoms with Crippen LogP contribution in [0.15, 0.2) is 332 Å². The maximum absolute atomic E-state index is 15.6. The Morgan fingerprint density at radius 3 is 1.07 bits per heavy atom. The summed E-state index contributed by atoms with van der Waals surface area (Å²) < 4.78 is 172. The number of Topliss-reactive ketones (excluding diaryl/α,β-unsaturated/α-hetero) is 1. The van der Waals surface area contributed by atoms with Crippen LogP contribution in [0.5, 0.6) is 5.75 Å². The third kappa shape index (κ3) is 26.0. The van der Waals surface area contributed by atoms with Crippen molar-refractivity contribution in [2.75, 3.05) is 26.7 Å². The number of halogens is 5. The molecule has 0 radical (unpaired) electrons. The van der Waals surface area contributed by atoms with Crippen molar-refractivity contribution in [3.05, 3.63) is 419 Å². The van der Waals surface area contributed by atoms with Crippen LogP contribution in [0.4, 0.5) is 22.0 Å². The van der Waals surface area contributed by atoms with E-state index in [1.807, 2.05) is 91.0 Å². The Morgan fingerprint density at radius 2 is 0.709 bits per heavy atom. The van der Waals surface area contributed by atoms with Gasteiger partial charge in [-0.25, -0.2) is 47.2 Å². The summed E-state index contributed by atoms with van der Waals surface area (Å²) in [5, 5.41) is 43.8. The SMILES string of the molecule is C=C(O)c1ccc(-c2cc(F)c(S(=O)(=O)N(CCCCc3ccccc3)Cc3nncn3Cc3cccc(F)c3)cc2F)cc1.C=C(O)c1ccc(-c2ccc(S(=O)(=O)N(CCCCc3ccccc3)Cc3nncn3Cc3cccc(F)c3)c(C)c2)cc1.COc1ccc(-c2ccc(C(C)=O)cc2)cc1S(=O)(=O)N(CCCCc1ccccc1)Cc1nncn1Cc1cccc(F)c1. The second-order valence-corrected chi connectivity index (χ2v) is 37.9. The number of aliphatic hydroxyl groups excluding tert-OH is 2. The lowest BCUT2D eigenvalue weighted by Crippen LogP contribution is -2.33. The third-order valence-electron chi connectivity index (χ3n) is 22.6. The van der Waals surface area contributed by atoms with Gasteiger partial charge in [0.15, 0.2) is 5.78 Å². The van der Waals surface area contributed by atoms with Gasteiger partial charge in [-0.15, -0.1) is 30.6 Å². The average Bonchev–Trinajstić information content (AvgIpc) is 1.03. The highest BCUT2D eigenvalue weighted by Crippen LogP contribution is 2.36. The fourth-order valence-corrected chi connectivity index (χ4v) is 20.1. The van der Waals surface area contributed by atoms with Crippen LogP contribution in [0.2, 0.25) is 0 Å². The minimum atomic E-state index is -4.56. The smallest absolute Gasteiger partial charge is 0.247 e. The molecule has 15 rings (SSSR count). The largest absolute Gasteiger partial charge is 0.508 e. The maximum Gasteiger partial charge on any atom is 0.247 e. The minimum absolute atomic E-state index is 0.00945. The molecule has 134 heavy (non-hydrogen) atoms. The van der Waals surface area contributed by atoms with E-state index in [1.165, 1.54) is 113 Å². The lowest BCUT2D eigenvalue weighted by molar-refractivity contribution is 0.101. The van der Waals surface area contributed by atoms with Crippen LogP contribution in [0, 0.1) is 36.0 Å². The van der Waals surface area contributed by atoms with Gasteiger partial charge in [-0.3, -0.25) is 4.79 Å². The van der Waals surface area contributed by atoms with Crippen molar-refractivity contribution in [2.45, 2.75) is 126 Å². The zero-order chi connectivity index (χ0) is 94.9.